The van der Waals surface area contributed by atoms with Gasteiger partial charge in [-0.05, 0) is 108 Å². The quantitative estimate of drug-likeness (QED) is 0.165. The van der Waals surface area contributed by atoms with Crippen LogP contribution in [0.2, 0.25) is 63.9 Å². The summed E-state index contributed by atoms with van der Waals surface area (Å²) >= 11 is 6.74. The van der Waals surface area contributed by atoms with Crippen molar-refractivity contribution < 1.29 is 32.3 Å². The molecule has 0 bridgehead atoms. The highest BCUT2D eigenvalue weighted by atomic mass is 35.5. The molecule has 0 saturated carbocycles. The number of hydrogen-bond donors (Lipinski definition) is 0. The molecule has 11 heteroatoms. The van der Waals surface area contributed by atoms with Crippen LogP contribution in [0, 0.1) is 0 Å². The summed E-state index contributed by atoms with van der Waals surface area (Å²) in [5.41, 5.74) is 2.69. The van der Waals surface area contributed by atoms with Crippen LogP contribution in [0.25, 0.3) is 0 Å². The van der Waals surface area contributed by atoms with Crippen molar-refractivity contribution in [2.24, 2.45) is 0 Å². The first-order valence-electron chi connectivity index (χ1n) is 14.6. The summed E-state index contributed by atoms with van der Waals surface area (Å²) in [5, 5.41) is 0.624. The molecule has 0 unspecified atom stereocenters. The lowest BCUT2D eigenvalue weighted by Crippen LogP contribution is -2.69. The van der Waals surface area contributed by atoms with E-state index >= 15 is 0 Å². The van der Waals surface area contributed by atoms with Crippen molar-refractivity contribution >= 4 is 42.8 Å². The predicted octanol–water partition coefficient (Wildman–Crippen LogP) is 7.39. The van der Waals surface area contributed by atoms with Gasteiger partial charge in [0.15, 0.2) is 31.2 Å². The number of benzene rings is 2. The van der Waals surface area contributed by atoms with Gasteiger partial charge in [0, 0.05) is 17.7 Å². The first-order chi connectivity index (χ1) is 19.4. The van der Waals surface area contributed by atoms with Crippen LogP contribution in [-0.2, 0) is 39.8 Å². The van der Waals surface area contributed by atoms with Crippen molar-refractivity contribution in [1.82, 2.24) is 0 Å². The summed E-state index contributed by atoms with van der Waals surface area (Å²) in [6.07, 6.45) is -1.46. The molecule has 0 N–H and O–H groups in total. The highest BCUT2D eigenvalue weighted by Gasteiger charge is 2.60. The van der Waals surface area contributed by atoms with E-state index in [0.717, 1.165) is 23.2 Å². The summed E-state index contributed by atoms with van der Waals surface area (Å²) in [6.45, 7) is 21.6. The zero-order chi connectivity index (χ0) is 31.5. The van der Waals surface area contributed by atoms with Crippen LogP contribution in [0.4, 0.5) is 0 Å². The molecule has 1 aliphatic rings. The second kappa shape index (κ2) is 13.7. The Hall–Kier alpha value is -1.35. The smallest absolute Gasteiger partial charge is 0.224 e. The zero-order valence-corrected chi connectivity index (χ0v) is 30.8. The van der Waals surface area contributed by atoms with Crippen LogP contribution < -0.4 is 4.74 Å². The number of aldehydes is 1. The van der Waals surface area contributed by atoms with E-state index in [4.69, 9.17) is 39.1 Å². The molecule has 2 aromatic rings. The maximum Gasteiger partial charge on any atom is 0.224 e. The van der Waals surface area contributed by atoms with Crippen LogP contribution in [0.5, 0.6) is 5.75 Å². The Kier molecular flexibility index (Phi) is 11.5. The predicted molar refractivity (Wildman–Crippen MR) is 176 cm³/mol. The van der Waals surface area contributed by atoms with Crippen LogP contribution in [0.3, 0.4) is 0 Å². The van der Waals surface area contributed by atoms with Gasteiger partial charge in [0.1, 0.15) is 30.2 Å². The molecule has 5 atom stereocenters. The Morgan fingerprint density at radius 1 is 0.857 bits per heavy atom. The number of methoxy groups -OCH3 is 1. The number of carbonyl (C=O) groups is 1. The fourth-order valence-corrected chi connectivity index (χ4v) is 8.55. The van der Waals surface area contributed by atoms with Gasteiger partial charge in [-0.2, -0.15) is 0 Å². The van der Waals surface area contributed by atoms with E-state index in [-0.39, 0.29) is 0 Å². The second-order valence-electron chi connectivity index (χ2n) is 13.7. The molecule has 0 aliphatic carbocycles. The monoisotopic (exact) mass is 652 g/mol. The minimum Gasteiger partial charge on any atom is -0.494 e. The molecule has 1 fully saturated rings. The second-order valence-corrected chi connectivity index (χ2v) is 27.5. The van der Waals surface area contributed by atoms with Crippen molar-refractivity contribution in [3.8, 4) is 5.75 Å². The Balaban J connectivity index is 2.18. The standard InChI is InChI=1S/C31H49ClO7Si3/c1-12-35-25-16-13-22(14-17-25)19-23-20-24(15-18-26(23)32)31(34-2)30(39-42(9,10)11)29(38-41(6,7)8)28(27(21-33)36-31)37-40(3,4)5/h13-18,20-21,27-30H,12,19H2,1-11H3/t27-,28-,29+,30-,31+/m1/s1. The molecule has 1 aliphatic heterocycles. The first kappa shape index (κ1) is 35.1. The summed E-state index contributed by atoms with van der Waals surface area (Å²) in [4.78, 5) is 12.7. The maximum atomic E-state index is 12.7. The molecule has 0 aromatic heterocycles. The van der Waals surface area contributed by atoms with Gasteiger partial charge in [-0.3, -0.25) is 0 Å². The number of carbonyl (C=O) groups excluding carboxylic acids is 1. The lowest BCUT2D eigenvalue weighted by Gasteiger charge is -2.54. The fraction of sp³-hybridized carbons (Fsp3) is 0.581. The molecule has 2 aromatic carbocycles. The molecule has 42 heavy (non-hydrogen) atoms. The van der Waals surface area contributed by atoms with Gasteiger partial charge in [0.05, 0.1) is 6.61 Å². The molecular weight excluding hydrogens is 604 g/mol. The average Bonchev–Trinajstić information content (AvgIpc) is 2.87. The average molecular weight is 653 g/mol. The topological polar surface area (TPSA) is 72.5 Å². The van der Waals surface area contributed by atoms with E-state index in [1.165, 1.54) is 0 Å². The molecule has 1 saturated heterocycles. The molecule has 0 radical (unpaired) electrons. The highest BCUT2D eigenvalue weighted by molar-refractivity contribution is 6.70. The molecule has 7 nitrogen and oxygen atoms in total. The van der Waals surface area contributed by atoms with Gasteiger partial charge in [0.2, 0.25) is 5.79 Å². The number of halogens is 1. The third kappa shape index (κ3) is 9.09. The van der Waals surface area contributed by atoms with E-state index in [9.17, 15) is 4.79 Å². The van der Waals surface area contributed by atoms with Crippen LogP contribution in [-0.4, -0.2) is 69.4 Å². The summed E-state index contributed by atoms with van der Waals surface area (Å²) in [5.74, 6) is -0.613. The van der Waals surface area contributed by atoms with Gasteiger partial charge in [-0.15, -0.1) is 0 Å². The van der Waals surface area contributed by atoms with Crippen molar-refractivity contribution in [2.75, 3.05) is 13.7 Å². The van der Waals surface area contributed by atoms with E-state index in [2.05, 4.69) is 58.9 Å². The Morgan fingerprint density at radius 3 is 1.93 bits per heavy atom. The molecule has 234 valence electrons. The van der Waals surface area contributed by atoms with Gasteiger partial charge >= 0.3 is 0 Å². The minimum atomic E-state index is -2.21. The van der Waals surface area contributed by atoms with E-state index in [0.29, 0.717) is 23.6 Å². The van der Waals surface area contributed by atoms with Gasteiger partial charge in [0.25, 0.3) is 0 Å². The first-order valence-corrected chi connectivity index (χ1v) is 25.2. The zero-order valence-electron chi connectivity index (χ0n) is 27.1. The Bertz CT molecular complexity index is 1190. The van der Waals surface area contributed by atoms with Crippen LogP contribution in [0.1, 0.15) is 23.6 Å². The molecule has 1 heterocycles. The van der Waals surface area contributed by atoms with Crippen LogP contribution in [0.15, 0.2) is 42.5 Å². The number of rotatable bonds is 13. The molecule has 0 spiro atoms. The van der Waals surface area contributed by atoms with Gasteiger partial charge < -0.3 is 32.3 Å². The van der Waals surface area contributed by atoms with Crippen molar-refractivity contribution in [2.45, 2.75) is 102 Å². The fourth-order valence-electron chi connectivity index (χ4n) is 5.15. The maximum absolute atomic E-state index is 12.7. The highest BCUT2D eigenvalue weighted by Crippen LogP contribution is 2.45. The molecular formula is C31H49ClO7Si3. The normalized spacial score (nSPS) is 25.3. The summed E-state index contributed by atoms with van der Waals surface area (Å²) in [6, 6.07) is 13.7. The van der Waals surface area contributed by atoms with E-state index in [1.807, 2.05) is 49.4 Å². The van der Waals surface area contributed by atoms with Crippen molar-refractivity contribution in [1.29, 1.82) is 0 Å². The Morgan fingerprint density at radius 2 is 1.43 bits per heavy atom. The third-order valence-corrected chi connectivity index (χ3v) is 9.89. The molecule has 0 amide bonds. The van der Waals surface area contributed by atoms with Gasteiger partial charge in [-0.25, -0.2) is 0 Å². The van der Waals surface area contributed by atoms with Crippen molar-refractivity contribution in [3.05, 3.63) is 64.2 Å². The summed E-state index contributed by atoms with van der Waals surface area (Å²) < 4.78 is 39.0. The number of hydrogen-bond acceptors (Lipinski definition) is 7. The lowest BCUT2D eigenvalue weighted by atomic mass is 9.87. The molecule has 3 rings (SSSR count). The minimum absolute atomic E-state index is 0.589. The summed E-state index contributed by atoms with van der Waals surface area (Å²) in [7, 11) is -4.92. The largest absolute Gasteiger partial charge is 0.494 e. The lowest BCUT2D eigenvalue weighted by molar-refractivity contribution is -0.346. The van der Waals surface area contributed by atoms with Gasteiger partial charge in [-0.1, -0.05) is 29.8 Å². The number of ether oxygens (including phenoxy) is 3. The van der Waals surface area contributed by atoms with Crippen LogP contribution >= 0.6 is 11.6 Å². The third-order valence-electron chi connectivity index (χ3n) is 6.61. The SMILES string of the molecule is CCOc1ccc(Cc2cc([C@]3(OC)O[C@H](C=O)[C@@H](O[Si](C)(C)C)[C@H](O[Si](C)(C)C)[C@H]3O[Si](C)(C)C)ccc2Cl)cc1. The Labute approximate surface area is 260 Å². The van der Waals surface area contributed by atoms with E-state index in [1.54, 1.807) is 7.11 Å². The van der Waals surface area contributed by atoms with E-state index < -0.39 is 55.2 Å². The van der Waals surface area contributed by atoms with Crippen molar-refractivity contribution in [3.63, 3.8) is 0 Å².